The minimum Gasteiger partial charge on any atom is -0.398 e. The Morgan fingerprint density at radius 2 is 2.29 bits per heavy atom. The van der Waals surface area contributed by atoms with Gasteiger partial charge in [0.1, 0.15) is 0 Å². The normalized spacial score (nSPS) is 10.7. The van der Waals surface area contributed by atoms with Gasteiger partial charge in [-0.25, -0.2) is 0 Å². The number of thioether (sulfide) groups is 1. The summed E-state index contributed by atoms with van der Waals surface area (Å²) in [5, 5.41) is 4.86. The van der Waals surface area contributed by atoms with E-state index in [1.807, 2.05) is 42.3 Å². The molecule has 5 heteroatoms. The Morgan fingerprint density at radius 3 is 2.94 bits per heavy atom. The zero-order chi connectivity index (χ0) is 12.3. The number of anilines is 1. The molecule has 2 aromatic rings. The predicted molar refractivity (Wildman–Crippen MR) is 73.5 cm³/mol. The van der Waals surface area contributed by atoms with Gasteiger partial charge >= 0.3 is 0 Å². The van der Waals surface area contributed by atoms with Crippen LogP contribution in [0.5, 0.6) is 0 Å². The lowest BCUT2D eigenvalue weighted by Crippen LogP contribution is -1.92. The van der Waals surface area contributed by atoms with Crippen molar-refractivity contribution in [2.45, 2.75) is 11.3 Å². The number of nitrogen functional groups attached to an aromatic ring is 1. The molecule has 17 heavy (non-hydrogen) atoms. The molecule has 1 heterocycles. The molecule has 0 bridgehead atoms. The number of hydrogen-bond acceptors (Lipinski definition) is 3. The van der Waals surface area contributed by atoms with E-state index in [2.05, 4.69) is 5.10 Å². The second-order valence-electron chi connectivity index (χ2n) is 3.78. The van der Waals surface area contributed by atoms with Gasteiger partial charge in [-0.05, 0) is 24.1 Å². The summed E-state index contributed by atoms with van der Waals surface area (Å²) in [6, 6.07) is 5.60. The standard InChI is InChI=1S/C12H14ClN3S/c1-16-8-9(7-15-16)5-6-17-12-10(13)3-2-4-11(12)14/h2-4,7-8H,5-6,14H2,1H3. The van der Waals surface area contributed by atoms with Gasteiger partial charge in [0.2, 0.25) is 0 Å². The van der Waals surface area contributed by atoms with Crippen molar-refractivity contribution in [2.24, 2.45) is 7.05 Å². The van der Waals surface area contributed by atoms with Gasteiger partial charge in [0.05, 0.1) is 11.2 Å². The Labute approximate surface area is 110 Å². The third-order valence-corrected chi connectivity index (χ3v) is 3.97. The molecule has 90 valence electrons. The molecular weight excluding hydrogens is 254 g/mol. The second kappa shape index (κ2) is 5.47. The second-order valence-corrected chi connectivity index (χ2v) is 5.29. The Bertz CT molecular complexity index is 490. The molecule has 0 saturated heterocycles. The number of halogens is 1. The highest BCUT2D eigenvalue weighted by Gasteiger charge is 2.05. The molecule has 0 atom stereocenters. The van der Waals surface area contributed by atoms with Crippen LogP contribution in [0.25, 0.3) is 0 Å². The van der Waals surface area contributed by atoms with Gasteiger partial charge in [-0.1, -0.05) is 17.7 Å². The first-order valence-electron chi connectivity index (χ1n) is 5.31. The molecule has 0 spiro atoms. The van der Waals surface area contributed by atoms with Crippen LogP contribution in [-0.2, 0) is 13.5 Å². The van der Waals surface area contributed by atoms with Crippen molar-refractivity contribution >= 4 is 29.1 Å². The first kappa shape index (κ1) is 12.3. The smallest absolute Gasteiger partial charge is 0.0562 e. The van der Waals surface area contributed by atoms with Crippen LogP contribution < -0.4 is 5.73 Å². The van der Waals surface area contributed by atoms with Crippen molar-refractivity contribution < 1.29 is 0 Å². The maximum Gasteiger partial charge on any atom is 0.0562 e. The molecule has 0 aliphatic rings. The minimum atomic E-state index is 0.723. The van der Waals surface area contributed by atoms with Crippen molar-refractivity contribution in [1.82, 2.24) is 9.78 Å². The molecule has 2 rings (SSSR count). The monoisotopic (exact) mass is 267 g/mol. The number of aryl methyl sites for hydroxylation is 2. The molecular formula is C12H14ClN3S. The molecule has 1 aromatic carbocycles. The van der Waals surface area contributed by atoms with Gasteiger partial charge < -0.3 is 5.73 Å². The van der Waals surface area contributed by atoms with Gasteiger partial charge in [-0.2, -0.15) is 5.10 Å². The summed E-state index contributed by atoms with van der Waals surface area (Å²) in [6.45, 7) is 0. The van der Waals surface area contributed by atoms with Crippen LogP contribution in [0.3, 0.4) is 0 Å². The van der Waals surface area contributed by atoms with E-state index in [1.165, 1.54) is 5.56 Å². The van der Waals surface area contributed by atoms with E-state index in [0.29, 0.717) is 0 Å². The van der Waals surface area contributed by atoms with E-state index in [0.717, 1.165) is 27.8 Å². The zero-order valence-corrected chi connectivity index (χ0v) is 11.1. The van der Waals surface area contributed by atoms with Crippen molar-refractivity contribution in [3.05, 3.63) is 41.2 Å². The van der Waals surface area contributed by atoms with E-state index in [-0.39, 0.29) is 0 Å². The Hall–Kier alpha value is -1.13. The number of nitrogens with two attached hydrogens (primary N) is 1. The Kier molecular flexibility index (Phi) is 3.97. The lowest BCUT2D eigenvalue weighted by atomic mass is 10.3. The average molecular weight is 268 g/mol. The van der Waals surface area contributed by atoms with Crippen LogP contribution in [0.4, 0.5) is 5.69 Å². The summed E-state index contributed by atoms with van der Waals surface area (Å²) in [5.74, 6) is 0.944. The highest BCUT2D eigenvalue weighted by molar-refractivity contribution is 7.99. The third-order valence-electron chi connectivity index (χ3n) is 2.39. The van der Waals surface area contributed by atoms with Crippen LogP contribution in [0.2, 0.25) is 5.02 Å². The van der Waals surface area contributed by atoms with E-state index in [4.69, 9.17) is 17.3 Å². The van der Waals surface area contributed by atoms with E-state index in [9.17, 15) is 0 Å². The van der Waals surface area contributed by atoms with Crippen molar-refractivity contribution in [3.63, 3.8) is 0 Å². The number of nitrogens with zero attached hydrogens (tertiary/aromatic N) is 2. The van der Waals surface area contributed by atoms with Crippen LogP contribution in [-0.4, -0.2) is 15.5 Å². The average Bonchev–Trinajstić information content (AvgIpc) is 2.69. The predicted octanol–water partition coefficient (Wildman–Crippen LogP) is 2.99. The fourth-order valence-electron chi connectivity index (χ4n) is 1.55. The molecule has 0 aliphatic carbocycles. The van der Waals surface area contributed by atoms with Crippen LogP contribution in [0, 0.1) is 0 Å². The van der Waals surface area contributed by atoms with Gasteiger partial charge in [-0.3, -0.25) is 4.68 Å². The molecule has 0 radical (unpaired) electrons. The first-order valence-corrected chi connectivity index (χ1v) is 6.67. The SMILES string of the molecule is Cn1cc(CCSc2c(N)cccc2Cl)cn1. The highest BCUT2D eigenvalue weighted by atomic mass is 35.5. The summed E-state index contributed by atoms with van der Waals surface area (Å²) in [4.78, 5) is 0.970. The summed E-state index contributed by atoms with van der Waals surface area (Å²) in [7, 11) is 1.92. The maximum atomic E-state index is 6.10. The van der Waals surface area contributed by atoms with Crippen LogP contribution in [0.15, 0.2) is 35.5 Å². The minimum absolute atomic E-state index is 0.723. The molecule has 0 aliphatic heterocycles. The van der Waals surface area contributed by atoms with Crippen molar-refractivity contribution in [1.29, 1.82) is 0 Å². The van der Waals surface area contributed by atoms with E-state index in [1.54, 1.807) is 11.8 Å². The lowest BCUT2D eigenvalue weighted by molar-refractivity contribution is 0.767. The van der Waals surface area contributed by atoms with Crippen molar-refractivity contribution in [2.75, 3.05) is 11.5 Å². The maximum absolute atomic E-state index is 6.10. The van der Waals surface area contributed by atoms with Gasteiger partial charge in [0.15, 0.2) is 0 Å². The number of aromatic nitrogens is 2. The molecule has 3 nitrogen and oxygen atoms in total. The van der Waals surface area contributed by atoms with Gasteiger partial charge in [0, 0.05) is 29.6 Å². The third kappa shape index (κ3) is 3.17. The molecule has 0 amide bonds. The van der Waals surface area contributed by atoms with Gasteiger partial charge in [-0.15, -0.1) is 11.8 Å². The fraction of sp³-hybridized carbons (Fsp3) is 0.250. The quantitative estimate of drug-likeness (QED) is 0.684. The molecule has 0 fully saturated rings. The number of hydrogen-bond donors (Lipinski definition) is 1. The summed E-state index contributed by atoms with van der Waals surface area (Å²) < 4.78 is 1.81. The molecule has 1 aromatic heterocycles. The molecule has 2 N–H and O–H groups in total. The topological polar surface area (TPSA) is 43.8 Å². The summed E-state index contributed by atoms with van der Waals surface area (Å²) >= 11 is 7.78. The lowest BCUT2D eigenvalue weighted by Gasteiger charge is -2.06. The zero-order valence-electron chi connectivity index (χ0n) is 9.56. The van der Waals surface area contributed by atoms with E-state index >= 15 is 0 Å². The van der Waals surface area contributed by atoms with Crippen LogP contribution in [0.1, 0.15) is 5.56 Å². The van der Waals surface area contributed by atoms with Crippen molar-refractivity contribution in [3.8, 4) is 0 Å². The fourth-order valence-corrected chi connectivity index (χ4v) is 2.88. The summed E-state index contributed by atoms with van der Waals surface area (Å²) in [5.41, 5.74) is 7.85. The largest absolute Gasteiger partial charge is 0.398 e. The first-order chi connectivity index (χ1) is 8.16. The highest BCUT2D eigenvalue weighted by Crippen LogP contribution is 2.32. The molecule has 0 unspecified atom stereocenters. The van der Waals surface area contributed by atoms with Crippen LogP contribution >= 0.6 is 23.4 Å². The summed E-state index contributed by atoms with van der Waals surface area (Å²) in [6.07, 6.45) is 4.87. The number of benzene rings is 1. The van der Waals surface area contributed by atoms with Gasteiger partial charge in [0.25, 0.3) is 0 Å². The Balaban J connectivity index is 1.94. The van der Waals surface area contributed by atoms with E-state index < -0.39 is 0 Å². The number of rotatable bonds is 4. The Morgan fingerprint density at radius 1 is 1.47 bits per heavy atom. The molecule has 0 saturated carbocycles.